The average molecular weight is 217 g/mol. The molecule has 0 aliphatic carbocycles. The zero-order valence-electron chi connectivity index (χ0n) is 8.13. The second-order valence-electron chi connectivity index (χ2n) is 3.16. The van der Waals surface area contributed by atoms with E-state index < -0.39 is 0 Å². The summed E-state index contributed by atoms with van der Waals surface area (Å²) in [5.74, 6) is 0.270. The van der Waals surface area contributed by atoms with Crippen LogP contribution in [0.15, 0.2) is 46.1 Å². The van der Waals surface area contributed by atoms with Gasteiger partial charge in [0.05, 0.1) is 6.54 Å². The largest absolute Gasteiger partial charge is 0.507 e. The van der Waals surface area contributed by atoms with E-state index in [2.05, 4.69) is 10.4 Å². The van der Waals surface area contributed by atoms with Gasteiger partial charge in [-0.2, -0.15) is 11.3 Å². The molecule has 2 rings (SSSR count). The Bertz CT molecular complexity index is 448. The maximum atomic E-state index is 9.48. The van der Waals surface area contributed by atoms with Crippen LogP contribution in [-0.2, 0) is 6.54 Å². The number of aliphatic imine (C=N–C) groups is 1. The molecule has 0 saturated heterocycles. The molecule has 2 nitrogen and oxygen atoms in total. The number of phenols is 1. The lowest BCUT2D eigenvalue weighted by molar-refractivity contribution is 0.474. The Labute approximate surface area is 92.5 Å². The Hall–Kier alpha value is -1.61. The molecule has 0 bridgehead atoms. The molecule has 76 valence electrons. The number of benzene rings is 1. The van der Waals surface area contributed by atoms with Gasteiger partial charge >= 0.3 is 0 Å². The van der Waals surface area contributed by atoms with Crippen molar-refractivity contribution in [2.75, 3.05) is 0 Å². The van der Waals surface area contributed by atoms with Gasteiger partial charge in [0, 0.05) is 11.8 Å². The summed E-state index contributed by atoms with van der Waals surface area (Å²) in [6, 6.07) is 9.22. The van der Waals surface area contributed by atoms with E-state index in [9.17, 15) is 5.11 Å². The molecule has 0 amide bonds. The van der Waals surface area contributed by atoms with E-state index >= 15 is 0 Å². The number of para-hydroxylation sites is 1. The first-order valence-corrected chi connectivity index (χ1v) is 5.59. The third-order valence-corrected chi connectivity index (χ3v) is 2.75. The van der Waals surface area contributed by atoms with E-state index in [1.54, 1.807) is 29.7 Å². The summed E-state index contributed by atoms with van der Waals surface area (Å²) in [4.78, 5) is 4.27. The molecule has 0 atom stereocenters. The number of hydrogen-bond acceptors (Lipinski definition) is 3. The quantitative estimate of drug-likeness (QED) is 0.787. The molecule has 1 N–H and O–H groups in total. The Morgan fingerprint density at radius 1 is 1.27 bits per heavy atom. The van der Waals surface area contributed by atoms with Crippen LogP contribution in [0.3, 0.4) is 0 Å². The summed E-state index contributed by atoms with van der Waals surface area (Å²) in [5, 5.41) is 13.6. The molecule has 0 spiro atoms. The monoisotopic (exact) mass is 217 g/mol. The van der Waals surface area contributed by atoms with Crippen LogP contribution in [0.25, 0.3) is 0 Å². The van der Waals surface area contributed by atoms with Crippen LogP contribution in [0.4, 0.5) is 0 Å². The van der Waals surface area contributed by atoms with Crippen molar-refractivity contribution in [3.8, 4) is 5.75 Å². The van der Waals surface area contributed by atoms with Gasteiger partial charge in [-0.1, -0.05) is 12.1 Å². The average Bonchev–Trinajstić information content (AvgIpc) is 2.74. The van der Waals surface area contributed by atoms with Crippen LogP contribution in [-0.4, -0.2) is 11.3 Å². The summed E-state index contributed by atoms with van der Waals surface area (Å²) in [7, 11) is 0. The second-order valence-corrected chi connectivity index (χ2v) is 3.94. The number of rotatable bonds is 3. The smallest absolute Gasteiger partial charge is 0.124 e. The fraction of sp³-hybridized carbons (Fsp3) is 0.0833. The number of nitrogens with zero attached hydrogens (tertiary/aromatic N) is 1. The molecule has 15 heavy (non-hydrogen) atoms. The molecule has 0 fully saturated rings. The van der Waals surface area contributed by atoms with Gasteiger partial charge in [-0.05, 0) is 34.5 Å². The van der Waals surface area contributed by atoms with Gasteiger partial charge in [-0.25, -0.2) is 0 Å². The van der Waals surface area contributed by atoms with Crippen LogP contribution in [0.2, 0.25) is 0 Å². The Morgan fingerprint density at radius 2 is 2.13 bits per heavy atom. The first kappa shape index (κ1) is 9.93. The van der Waals surface area contributed by atoms with Crippen molar-refractivity contribution in [3.63, 3.8) is 0 Å². The minimum Gasteiger partial charge on any atom is -0.507 e. The van der Waals surface area contributed by atoms with Gasteiger partial charge < -0.3 is 5.11 Å². The summed E-state index contributed by atoms with van der Waals surface area (Å²) >= 11 is 1.67. The molecule has 0 unspecified atom stereocenters. The summed E-state index contributed by atoms with van der Waals surface area (Å²) in [6.07, 6.45) is 1.70. The van der Waals surface area contributed by atoms with E-state index in [0.717, 1.165) is 5.56 Å². The lowest BCUT2D eigenvalue weighted by Crippen LogP contribution is -1.83. The van der Waals surface area contributed by atoms with E-state index in [4.69, 9.17) is 0 Å². The topological polar surface area (TPSA) is 32.6 Å². The number of aromatic hydroxyl groups is 1. The molecule has 0 aliphatic heterocycles. The Balaban J connectivity index is 2.03. The molecular formula is C12H11NOS. The summed E-state index contributed by atoms with van der Waals surface area (Å²) < 4.78 is 0. The van der Waals surface area contributed by atoms with Crippen molar-refractivity contribution in [2.45, 2.75) is 6.54 Å². The molecular weight excluding hydrogens is 206 g/mol. The van der Waals surface area contributed by atoms with Crippen molar-refractivity contribution in [2.24, 2.45) is 4.99 Å². The minimum atomic E-state index is 0.270. The highest BCUT2D eigenvalue weighted by molar-refractivity contribution is 7.07. The van der Waals surface area contributed by atoms with Gasteiger partial charge in [-0.3, -0.25) is 4.99 Å². The molecule has 0 saturated carbocycles. The lowest BCUT2D eigenvalue weighted by Gasteiger charge is -1.96. The van der Waals surface area contributed by atoms with Crippen molar-refractivity contribution in [3.05, 3.63) is 52.2 Å². The van der Waals surface area contributed by atoms with E-state index in [1.165, 1.54) is 5.56 Å². The van der Waals surface area contributed by atoms with Crippen LogP contribution < -0.4 is 0 Å². The van der Waals surface area contributed by atoms with Crippen LogP contribution in [0, 0.1) is 0 Å². The number of hydrogen-bond donors (Lipinski definition) is 1. The van der Waals surface area contributed by atoms with Crippen molar-refractivity contribution in [1.29, 1.82) is 0 Å². The van der Waals surface area contributed by atoms with Crippen molar-refractivity contribution >= 4 is 17.6 Å². The van der Waals surface area contributed by atoms with Crippen LogP contribution >= 0.6 is 11.3 Å². The van der Waals surface area contributed by atoms with Gasteiger partial charge in [-0.15, -0.1) is 0 Å². The number of thiophene rings is 1. The molecule has 1 heterocycles. The molecule has 1 aromatic carbocycles. The zero-order chi connectivity index (χ0) is 10.5. The van der Waals surface area contributed by atoms with E-state index in [0.29, 0.717) is 6.54 Å². The maximum Gasteiger partial charge on any atom is 0.124 e. The first-order valence-electron chi connectivity index (χ1n) is 4.65. The summed E-state index contributed by atoms with van der Waals surface area (Å²) in [5.41, 5.74) is 1.96. The van der Waals surface area contributed by atoms with Crippen molar-refractivity contribution in [1.82, 2.24) is 0 Å². The standard InChI is InChI=1S/C12H11NOS/c14-12-4-2-1-3-11(12)8-13-7-10-5-6-15-9-10/h1-6,8-9,14H,7H2. The van der Waals surface area contributed by atoms with E-state index in [-0.39, 0.29) is 5.75 Å². The minimum absolute atomic E-state index is 0.270. The fourth-order valence-electron chi connectivity index (χ4n) is 1.23. The third kappa shape index (κ3) is 2.67. The SMILES string of the molecule is Oc1ccccc1C=NCc1ccsc1. The normalized spacial score (nSPS) is 10.9. The molecule has 0 radical (unpaired) electrons. The van der Waals surface area contributed by atoms with Gasteiger partial charge in [0.1, 0.15) is 5.75 Å². The highest BCUT2D eigenvalue weighted by Crippen LogP contribution is 2.13. The molecule has 2 aromatic rings. The lowest BCUT2D eigenvalue weighted by atomic mass is 10.2. The first-order chi connectivity index (χ1) is 7.36. The zero-order valence-corrected chi connectivity index (χ0v) is 8.95. The van der Waals surface area contributed by atoms with Crippen LogP contribution in [0.1, 0.15) is 11.1 Å². The molecule has 0 aliphatic rings. The highest BCUT2D eigenvalue weighted by Gasteiger charge is 1.94. The third-order valence-electron chi connectivity index (χ3n) is 2.02. The summed E-state index contributed by atoms with van der Waals surface area (Å²) in [6.45, 7) is 0.665. The van der Waals surface area contributed by atoms with E-state index in [1.807, 2.05) is 23.6 Å². The maximum absolute atomic E-state index is 9.48. The predicted molar refractivity (Wildman–Crippen MR) is 63.7 cm³/mol. The Morgan fingerprint density at radius 3 is 2.87 bits per heavy atom. The van der Waals surface area contributed by atoms with Gasteiger partial charge in [0.25, 0.3) is 0 Å². The second kappa shape index (κ2) is 4.75. The highest BCUT2D eigenvalue weighted by atomic mass is 32.1. The molecule has 1 aromatic heterocycles. The Kier molecular flexibility index (Phi) is 3.15. The van der Waals surface area contributed by atoms with Gasteiger partial charge in [0.2, 0.25) is 0 Å². The van der Waals surface area contributed by atoms with Crippen LogP contribution in [0.5, 0.6) is 5.75 Å². The fourth-order valence-corrected chi connectivity index (χ4v) is 1.89. The molecule has 3 heteroatoms. The van der Waals surface area contributed by atoms with Crippen molar-refractivity contribution < 1.29 is 5.11 Å². The predicted octanol–water partition coefficient (Wildman–Crippen LogP) is 3.07. The number of phenolic OH excluding ortho intramolecular Hbond substituents is 1. The van der Waals surface area contributed by atoms with Gasteiger partial charge in [0.15, 0.2) is 0 Å².